The van der Waals surface area contributed by atoms with Crippen LogP contribution in [-0.4, -0.2) is 52.0 Å². The highest BCUT2D eigenvalue weighted by Crippen LogP contribution is 2.19. The Balaban J connectivity index is 1.40. The van der Waals surface area contributed by atoms with Gasteiger partial charge in [0.2, 0.25) is 0 Å². The Morgan fingerprint density at radius 3 is 2.72 bits per heavy atom. The largest absolute Gasteiger partial charge is 0.361 e. The molecule has 1 fully saturated rings. The second-order valence-electron chi connectivity index (χ2n) is 6.65. The van der Waals surface area contributed by atoms with Gasteiger partial charge in [0.25, 0.3) is 5.91 Å². The number of amides is 1. The van der Waals surface area contributed by atoms with Gasteiger partial charge in [0.15, 0.2) is 0 Å². The molecule has 25 heavy (non-hydrogen) atoms. The van der Waals surface area contributed by atoms with Crippen LogP contribution < -0.4 is 0 Å². The number of hydrogen-bond donors (Lipinski definition) is 1. The van der Waals surface area contributed by atoms with Crippen LogP contribution in [0.1, 0.15) is 27.4 Å². The summed E-state index contributed by atoms with van der Waals surface area (Å²) in [5.41, 5.74) is 3.93. The third-order valence-electron chi connectivity index (χ3n) is 5.02. The van der Waals surface area contributed by atoms with E-state index in [1.54, 1.807) is 0 Å². The molecule has 1 aliphatic rings. The van der Waals surface area contributed by atoms with Gasteiger partial charge in [0.1, 0.15) is 5.76 Å². The highest BCUT2D eigenvalue weighted by Gasteiger charge is 2.23. The second-order valence-corrected chi connectivity index (χ2v) is 6.65. The Bertz CT molecular complexity index is 884. The molecule has 1 aliphatic heterocycles. The Morgan fingerprint density at radius 2 is 2.00 bits per heavy atom. The fourth-order valence-electron chi connectivity index (χ4n) is 3.43. The van der Waals surface area contributed by atoms with Crippen LogP contribution in [0.25, 0.3) is 10.9 Å². The molecule has 0 radical (unpaired) electrons. The Labute approximate surface area is 146 Å². The fraction of sp³-hybridized carbons (Fsp3) is 0.368. The number of carbonyl (C=O) groups is 1. The first kappa shape index (κ1) is 15.9. The number of rotatable bonds is 3. The van der Waals surface area contributed by atoms with Crippen molar-refractivity contribution in [2.45, 2.75) is 20.4 Å². The van der Waals surface area contributed by atoms with Gasteiger partial charge in [-0.3, -0.25) is 9.69 Å². The minimum atomic E-state index is 0.111. The number of carbonyl (C=O) groups excluding carboxylic acids is 1. The van der Waals surface area contributed by atoms with E-state index in [2.05, 4.69) is 15.0 Å². The van der Waals surface area contributed by atoms with Crippen molar-refractivity contribution in [2.24, 2.45) is 0 Å². The molecule has 0 atom stereocenters. The molecular formula is C19H22N4O2. The third-order valence-corrected chi connectivity index (χ3v) is 5.02. The van der Waals surface area contributed by atoms with E-state index in [4.69, 9.17) is 4.52 Å². The van der Waals surface area contributed by atoms with E-state index in [1.165, 1.54) is 0 Å². The van der Waals surface area contributed by atoms with Crippen molar-refractivity contribution in [1.29, 1.82) is 0 Å². The summed E-state index contributed by atoms with van der Waals surface area (Å²) < 4.78 is 5.24. The molecule has 1 N–H and O–H groups in total. The van der Waals surface area contributed by atoms with Gasteiger partial charge in [-0.1, -0.05) is 5.16 Å². The zero-order valence-electron chi connectivity index (χ0n) is 14.6. The predicted octanol–water partition coefficient (Wildman–Crippen LogP) is 2.73. The molecule has 0 bridgehead atoms. The molecule has 1 saturated heterocycles. The average Bonchev–Trinajstić information content (AvgIpc) is 3.22. The van der Waals surface area contributed by atoms with Crippen molar-refractivity contribution >= 4 is 16.8 Å². The lowest BCUT2D eigenvalue weighted by Crippen LogP contribution is -2.48. The minimum Gasteiger partial charge on any atom is -0.361 e. The number of benzene rings is 1. The number of hydrogen-bond acceptors (Lipinski definition) is 4. The molecule has 0 unspecified atom stereocenters. The van der Waals surface area contributed by atoms with E-state index in [-0.39, 0.29) is 5.91 Å². The summed E-state index contributed by atoms with van der Waals surface area (Å²) in [6, 6.07) is 7.83. The lowest BCUT2D eigenvalue weighted by Gasteiger charge is -2.34. The number of fused-ring (bicyclic) bond motifs is 1. The molecule has 4 rings (SSSR count). The summed E-state index contributed by atoms with van der Waals surface area (Å²) in [5, 5.41) is 5.09. The molecule has 3 aromatic rings. The number of nitrogens with zero attached hydrogens (tertiary/aromatic N) is 3. The van der Waals surface area contributed by atoms with E-state index in [0.717, 1.165) is 66.2 Å². The maximum atomic E-state index is 12.8. The van der Waals surface area contributed by atoms with Crippen LogP contribution in [0.3, 0.4) is 0 Å². The van der Waals surface area contributed by atoms with E-state index < -0.39 is 0 Å². The smallest absolute Gasteiger partial charge is 0.253 e. The van der Waals surface area contributed by atoms with Gasteiger partial charge in [-0.2, -0.15) is 0 Å². The predicted molar refractivity (Wildman–Crippen MR) is 95.5 cm³/mol. The first-order chi connectivity index (χ1) is 12.1. The molecule has 6 heteroatoms. The summed E-state index contributed by atoms with van der Waals surface area (Å²) in [5.74, 6) is 0.996. The minimum absolute atomic E-state index is 0.111. The highest BCUT2D eigenvalue weighted by molar-refractivity contribution is 5.98. The average molecular weight is 338 g/mol. The number of H-pyrrole nitrogens is 1. The van der Waals surface area contributed by atoms with Gasteiger partial charge in [-0.15, -0.1) is 0 Å². The molecule has 0 saturated carbocycles. The van der Waals surface area contributed by atoms with Gasteiger partial charge in [0.05, 0.1) is 5.69 Å². The summed E-state index contributed by atoms with van der Waals surface area (Å²) >= 11 is 0. The Kier molecular flexibility index (Phi) is 4.05. The molecule has 2 aromatic heterocycles. The number of aryl methyl sites for hydroxylation is 2. The van der Waals surface area contributed by atoms with Crippen LogP contribution in [0.5, 0.6) is 0 Å². The van der Waals surface area contributed by atoms with Gasteiger partial charge in [0, 0.05) is 61.0 Å². The normalized spacial score (nSPS) is 15.8. The van der Waals surface area contributed by atoms with Crippen LogP contribution >= 0.6 is 0 Å². The lowest BCUT2D eigenvalue weighted by atomic mass is 10.1. The van der Waals surface area contributed by atoms with Crippen molar-refractivity contribution in [3.63, 3.8) is 0 Å². The Morgan fingerprint density at radius 1 is 1.20 bits per heavy atom. The zero-order valence-corrected chi connectivity index (χ0v) is 14.6. The van der Waals surface area contributed by atoms with Gasteiger partial charge in [-0.25, -0.2) is 0 Å². The molecule has 0 aliphatic carbocycles. The van der Waals surface area contributed by atoms with Gasteiger partial charge >= 0.3 is 0 Å². The van der Waals surface area contributed by atoms with Gasteiger partial charge in [-0.05, 0) is 38.1 Å². The molecular weight excluding hydrogens is 316 g/mol. The van der Waals surface area contributed by atoms with Crippen LogP contribution in [0, 0.1) is 13.8 Å². The number of piperazine rings is 1. The van der Waals surface area contributed by atoms with Crippen LogP contribution in [-0.2, 0) is 6.54 Å². The quantitative estimate of drug-likeness (QED) is 0.797. The molecule has 6 nitrogen and oxygen atoms in total. The summed E-state index contributed by atoms with van der Waals surface area (Å²) in [4.78, 5) is 20.2. The standard InChI is InChI=1S/C19H22N4O2/c1-13-17(14(2)25-21-13)12-22-7-9-23(10-8-22)19(24)16-3-4-18-15(11-16)5-6-20-18/h3-6,11,20H,7-10,12H2,1-2H3. The molecule has 0 spiro atoms. The second kappa shape index (κ2) is 6.37. The van der Waals surface area contributed by atoms with Crippen LogP contribution in [0.15, 0.2) is 35.0 Å². The van der Waals surface area contributed by atoms with Crippen molar-refractivity contribution in [1.82, 2.24) is 19.9 Å². The van der Waals surface area contributed by atoms with Crippen molar-refractivity contribution in [3.05, 3.63) is 53.0 Å². The Hall–Kier alpha value is -2.60. The van der Waals surface area contributed by atoms with Crippen molar-refractivity contribution in [2.75, 3.05) is 26.2 Å². The SMILES string of the molecule is Cc1noc(C)c1CN1CCN(C(=O)c2ccc3[nH]ccc3c2)CC1. The monoisotopic (exact) mass is 338 g/mol. The van der Waals surface area contributed by atoms with E-state index in [1.807, 2.05) is 49.2 Å². The third kappa shape index (κ3) is 3.05. The summed E-state index contributed by atoms with van der Waals surface area (Å²) in [7, 11) is 0. The number of aromatic amines is 1. The summed E-state index contributed by atoms with van der Waals surface area (Å²) in [6.45, 7) is 7.97. The molecule has 1 amide bonds. The first-order valence-corrected chi connectivity index (χ1v) is 8.62. The van der Waals surface area contributed by atoms with E-state index in [9.17, 15) is 4.79 Å². The maximum absolute atomic E-state index is 12.8. The highest BCUT2D eigenvalue weighted by atomic mass is 16.5. The topological polar surface area (TPSA) is 65.4 Å². The van der Waals surface area contributed by atoms with Crippen LogP contribution in [0.2, 0.25) is 0 Å². The zero-order chi connectivity index (χ0) is 17.4. The lowest BCUT2D eigenvalue weighted by molar-refractivity contribution is 0.0627. The number of nitrogens with one attached hydrogen (secondary N) is 1. The van der Waals surface area contributed by atoms with Crippen LogP contribution in [0.4, 0.5) is 0 Å². The van der Waals surface area contributed by atoms with Crippen molar-refractivity contribution in [3.8, 4) is 0 Å². The summed E-state index contributed by atoms with van der Waals surface area (Å²) in [6.07, 6.45) is 1.90. The fourth-order valence-corrected chi connectivity index (χ4v) is 3.43. The van der Waals surface area contributed by atoms with E-state index in [0.29, 0.717) is 0 Å². The molecule has 3 heterocycles. The van der Waals surface area contributed by atoms with Crippen molar-refractivity contribution < 1.29 is 9.32 Å². The molecule has 130 valence electrons. The first-order valence-electron chi connectivity index (χ1n) is 8.62. The molecule has 1 aromatic carbocycles. The van der Waals surface area contributed by atoms with Gasteiger partial charge < -0.3 is 14.4 Å². The maximum Gasteiger partial charge on any atom is 0.253 e. The van der Waals surface area contributed by atoms with E-state index >= 15 is 0 Å². The number of aromatic nitrogens is 2.